The van der Waals surface area contributed by atoms with E-state index in [1.165, 1.54) is 0 Å². The average molecular weight is 223 g/mol. The van der Waals surface area contributed by atoms with Gasteiger partial charge in [-0.25, -0.2) is 4.98 Å². The third-order valence-electron chi connectivity index (χ3n) is 2.22. The summed E-state index contributed by atoms with van der Waals surface area (Å²) >= 11 is 5.72. The second kappa shape index (κ2) is 3.95. The number of phenolic OH excluding ortho intramolecular Hbond substituents is 1. The fourth-order valence-corrected chi connectivity index (χ4v) is 1.49. The van der Waals surface area contributed by atoms with Crippen LogP contribution >= 0.6 is 11.6 Å². The Morgan fingerprint density at radius 2 is 2.27 bits per heavy atom. The molecule has 2 aromatic rings. The maximum atomic E-state index is 9.46. The topological polar surface area (TPSA) is 48.9 Å². The zero-order valence-electron chi connectivity index (χ0n) is 8.29. The number of aromatic hydroxyl groups is 1. The van der Waals surface area contributed by atoms with Gasteiger partial charge in [-0.1, -0.05) is 24.6 Å². The van der Waals surface area contributed by atoms with Gasteiger partial charge in [0.05, 0.1) is 16.9 Å². The molecule has 15 heavy (non-hydrogen) atoms. The van der Waals surface area contributed by atoms with Gasteiger partial charge in [0.2, 0.25) is 0 Å². The molecule has 0 amide bonds. The van der Waals surface area contributed by atoms with Crippen LogP contribution in [0.3, 0.4) is 0 Å². The highest BCUT2D eigenvalue weighted by molar-refractivity contribution is 6.32. The first kappa shape index (κ1) is 10.1. The molecular weight excluding hydrogens is 212 g/mol. The number of halogens is 1. The van der Waals surface area contributed by atoms with Crippen LogP contribution in [-0.2, 0) is 6.42 Å². The molecule has 0 radical (unpaired) electrons. The van der Waals surface area contributed by atoms with Crippen molar-refractivity contribution in [2.75, 3.05) is 0 Å². The van der Waals surface area contributed by atoms with Crippen LogP contribution in [0, 0.1) is 0 Å². The van der Waals surface area contributed by atoms with E-state index in [1.807, 2.05) is 13.0 Å². The first-order valence-electron chi connectivity index (χ1n) is 4.73. The number of rotatable bonds is 2. The monoisotopic (exact) mass is 222 g/mol. The number of nitrogens with zero attached hydrogens (tertiary/aromatic N) is 1. The predicted molar refractivity (Wildman–Crippen MR) is 60.1 cm³/mol. The average Bonchev–Trinajstić information content (AvgIpc) is 2.70. The van der Waals surface area contributed by atoms with E-state index in [4.69, 9.17) is 11.6 Å². The maximum absolute atomic E-state index is 9.46. The molecule has 3 nitrogen and oxygen atoms in total. The predicted octanol–water partition coefficient (Wildman–Crippen LogP) is 3.00. The minimum absolute atomic E-state index is 0.0850. The first-order chi connectivity index (χ1) is 7.20. The van der Waals surface area contributed by atoms with Crippen molar-refractivity contribution in [2.45, 2.75) is 13.3 Å². The standard InChI is InChI=1S/C11H11ClN2O/c1-2-11-13-6-9(14-11)7-3-4-8(12)10(15)5-7/h3-6,15H,2H2,1H3,(H,13,14). The van der Waals surface area contributed by atoms with Gasteiger partial charge in [0.15, 0.2) is 0 Å². The van der Waals surface area contributed by atoms with E-state index < -0.39 is 0 Å². The molecule has 0 fully saturated rings. The molecule has 0 saturated carbocycles. The maximum Gasteiger partial charge on any atom is 0.134 e. The van der Waals surface area contributed by atoms with Crippen molar-refractivity contribution in [3.05, 3.63) is 35.2 Å². The van der Waals surface area contributed by atoms with E-state index in [0.29, 0.717) is 5.02 Å². The quantitative estimate of drug-likeness (QED) is 0.821. The van der Waals surface area contributed by atoms with Crippen LogP contribution in [0.2, 0.25) is 5.02 Å². The molecule has 2 rings (SSSR count). The summed E-state index contributed by atoms with van der Waals surface area (Å²) in [5.41, 5.74) is 1.77. The van der Waals surface area contributed by atoms with Crippen LogP contribution in [0.15, 0.2) is 24.4 Å². The van der Waals surface area contributed by atoms with Crippen molar-refractivity contribution in [3.63, 3.8) is 0 Å². The lowest BCUT2D eigenvalue weighted by molar-refractivity contribution is 0.476. The van der Waals surface area contributed by atoms with Crippen molar-refractivity contribution >= 4 is 11.6 Å². The van der Waals surface area contributed by atoms with Crippen LogP contribution in [0.25, 0.3) is 11.3 Å². The smallest absolute Gasteiger partial charge is 0.134 e. The highest BCUT2D eigenvalue weighted by Gasteiger charge is 2.04. The third-order valence-corrected chi connectivity index (χ3v) is 2.54. The van der Waals surface area contributed by atoms with E-state index in [9.17, 15) is 5.11 Å². The lowest BCUT2D eigenvalue weighted by atomic mass is 10.1. The molecule has 2 N–H and O–H groups in total. The van der Waals surface area contributed by atoms with E-state index in [2.05, 4.69) is 9.97 Å². The highest BCUT2D eigenvalue weighted by Crippen LogP contribution is 2.28. The first-order valence-corrected chi connectivity index (χ1v) is 5.11. The molecule has 0 aliphatic heterocycles. The Hall–Kier alpha value is -1.48. The molecule has 1 aromatic carbocycles. The van der Waals surface area contributed by atoms with Crippen LogP contribution in [0.4, 0.5) is 0 Å². The molecule has 4 heteroatoms. The van der Waals surface area contributed by atoms with Crippen molar-refractivity contribution in [1.29, 1.82) is 0 Å². The molecule has 1 heterocycles. The third kappa shape index (κ3) is 1.97. The van der Waals surface area contributed by atoms with Gasteiger partial charge in [0.25, 0.3) is 0 Å². The number of hydrogen-bond acceptors (Lipinski definition) is 2. The Balaban J connectivity index is 2.40. The summed E-state index contributed by atoms with van der Waals surface area (Å²) in [6.07, 6.45) is 2.61. The molecule has 0 aliphatic carbocycles. The van der Waals surface area contributed by atoms with Gasteiger partial charge in [0, 0.05) is 12.0 Å². The Morgan fingerprint density at radius 3 is 2.87 bits per heavy atom. The minimum atomic E-state index is 0.0850. The van der Waals surface area contributed by atoms with E-state index >= 15 is 0 Å². The fraction of sp³-hybridized carbons (Fsp3) is 0.182. The number of hydrogen-bond donors (Lipinski definition) is 2. The second-order valence-corrected chi connectivity index (χ2v) is 3.67. The number of aryl methyl sites for hydroxylation is 1. The van der Waals surface area contributed by atoms with Gasteiger partial charge in [-0.2, -0.15) is 0 Å². The van der Waals surface area contributed by atoms with Crippen molar-refractivity contribution in [2.24, 2.45) is 0 Å². The zero-order valence-corrected chi connectivity index (χ0v) is 9.04. The lowest BCUT2D eigenvalue weighted by Gasteiger charge is -2.00. The Bertz CT molecular complexity index is 479. The van der Waals surface area contributed by atoms with Crippen LogP contribution < -0.4 is 0 Å². The number of aromatic amines is 1. The number of aromatic nitrogens is 2. The Kier molecular flexibility index (Phi) is 2.64. The number of phenols is 1. The summed E-state index contributed by atoms with van der Waals surface area (Å²) < 4.78 is 0. The Labute approximate surface area is 92.7 Å². The molecular formula is C11H11ClN2O. The van der Waals surface area contributed by atoms with Gasteiger partial charge in [-0.05, 0) is 12.1 Å². The minimum Gasteiger partial charge on any atom is -0.506 e. The summed E-state index contributed by atoms with van der Waals surface area (Å²) in [5, 5.41) is 9.81. The van der Waals surface area contributed by atoms with Crippen LogP contribution in [0.5, 0.6) is 5.75 Å². The summed E-state index contributed by atoms with van der Waals surface area (Å²) in [7, 11) is 0. The number of H-pyrrole nitrogens is 1. The fourth-order valence-electron chi connectivity index (χ4n) is 1.37. The molecule has 0 atom stereocenters. The molecule has 0 saturated heterocycles. The summed E-state index contributed by atoms with van der Waals surface area (Å²) in [5.74, 6) is 1.02. The highest BCUT2D eigenvalue weighted by atomic mass is 35.5. The molecule has 78 valence electrons. The largest absolute Gasteiger partial charge is 0.506 e. The van der Waals surface area contributed by atoms with Gasteiger partial charge in [-0.15, -0.1) is 0 Å². The summed E-state index contributed by atoms with van der Waals surface area (Å²) in [6.45, 7) is 2.03. The number of nitrogens with one attached hydrogen (secondary N) is 1. The van der Waals surface area contributed by atoms with Crippen molar-refractivity contribution in [3.8, 4) is 17.0 Å². The lowest BCUT2D eigenvalue weighted by Crippen LogP contribution is -1.82. The van der Waals surface area contributed by atoms with Crippen LogP contribution in [-0.4, -0.2) is 15.1 Å². The van der Waals surface area contributed by atoms with Gasteiger partial charge in [0.1, 0.15) is 11.6 Å². The van der Waals surface area contributed by atoms with Gasteiger partial charge in [-0.3, -0.25) is 0 Å². The Morgan fingerprint density at radius 1 is 1.47 bits per heavy atom. The molecule has 0 spiro atoms. The summed E-state index contributed by atoms with van der Waals surface area (Å²) in [4.78, 5) is 7.35. The van der Waals surface area contributed by atoms with Gasteiger partial charge < -0.3 is 10.1 Å². The van der Waals surface area contributed by atoms with E-state index in [1.54, 1.807) is 18.3 Å². The number of benzene rings is 1. The molecule has 0 aliphatic rings. The second-order valence-electron chi connectivity index (χ2n) is 3.26. The molecule has 0 bridgehead atoms. The van der Waals surface area contributed by atoms with Crippen LogP contribution in [0.1, 0.15) is 12.7 Å². The van der Waals surface area contributed by atoms with Gasteiger partial charge >= 0.3 is 0 Å². The van der Waals surface area contributed by atoms with Crippen molar-refractivity contribution in [1.82, 2.24) is 9.97 Å². The number of imidazole rings is 1. The van der Waals surface area contributed by atoms with E-state index in [0.717, 1.165) is 23.5 Å². The summed E-state index contributed by atoms with van der Waals surface area (Å²) in [6, 6.07) is 5.13. The zero-order chi connectivity index (χ0) is 10.8. The van der Waals surface area contributed by atoms with Crippen molar-refractivity contribution < 1.29 is 5.11 Å². The molecule has 0 unspecified atom stereocenters. The van der Waals surface area contributed by atoms with E-state index in [-0.39, 0.29) is 5.75 Å². The molecule has 1 aromatic heterocycles. The normalized spacial score (nSPS) is 10.5. The SMILES string of the molecule is CCc1ncc(-c2ccc(Cl)c(O)c2)[nH]1.